The molecule has 2 aromatic heterocycles. The first-order valence-electron chi connectivity index (χ1n) is 13.6. The van der Waals surface area contributed by atoms with E-state index in [1.807, 2.05) is 30.3 Å². The minimum absolute atomic E-state index is 0.00376. The van der Waals surface area contributed by atoms with Crippen molar-refractivity contribution in [2.24, 2.45) is 5.92 Å². The number of amides is 2. The fourth-order valence-corrected chi connectivity index (χ4v) is 5.59. The van der Waals surface area contributed by atoms with Gasteiger partial charge < -0.3 is 9.42 Å². The van der Waals surface area contributed by atoms with Crippen LogP contribution in [0.5, 0.6) is 0 Å². The summed E-state index contributed by atoms with van der Waals surface area (Å²) >= 11 is 0. The highest BCUT2D eigenvalue weighted by Gasteiger charge is 2.38. The Balaban J connectivity index is 1.30. The quantitative estimate of drug-likeness (QED) is 0.413. The molecular formula is C29H33F2N5O3. The number of aromatic nitrogens is 2. The summed E-state index contributed by atoms with van der Waals surface area (Å²) in [6.07, 6.45) is 7.73. The maximum Gasteiger partial charge on any atom is 0.290 e. The first-order valence-corrected chi connectivity index (χ1v) is 13.6. The normalized spacial score (nSPS) is 18.3. The number of nitrogens with zero attached hydrogens (tertiary/aromatic N) is 5. The number of piperidine rings is 1. The molecule has 0 radical (unpaired) electrons. The Bertz CT molecular complexity index is 1300. The van der Waals surface area contributed by atoms with Crippen molar-refractivity contribution < 1.29 is 22.9 Å². The molecule has 2 fully saturated rings. The zero-order valence-corrected chi connectivity index (χ0v) is 22.1. The first kappa shape index (κ1) is 26.9. The molecule has 0 unspecified atom stereocenters. The topological polar surface area (TPSA) is 82.8 Å². The van der Waals surface area contributed by atoms with Crippen LogP contribution in [0.25, 0.3) is 11.3 Å². The second-order valence-corrected chi connectivity index (χ2v) is 10.4. The smallest absolute Gasteiger partial charge is 0.290 e. The molecule has 1 aromatic carbocycles. The summed E-state index contributed by atoms with van der Waals surface area (Å²) < 4.78 is 33.0. The van der Waals surface area contributed by atoms with Gasteiger partial charge >= 0.3 is 0 Å². The fraction of sp³-hybridized carbons (Fsp3) is 0.448. The Labute approximate surface area is 226 Å². The van der Waals surface area contributed by atoms with E-state index in [4.69, 9.17) is 4.52 Å². The van der Waals surface area contributed by atoms with Crippen molar-refractivity contribution >= 4 is 11.8 Å². The van der Waals surface area contributed by atoms with Gasteiger partial charge in [-0.3, -0.25) is 19.6 Å². The predicted octanol–water partition coefficient (Wildman–Crippen LogP) is 4.73. The Kier molecular flexibility index (Phi) is 8.30. The average molecular weight is 538 g/mol. The number of pyridine rings is 1. The standard InChI is InChI=1S/C29H33F2N5O3/c1-34(16-13-22-8-4-5-14-32-22)28(37)20-7-6-15-35(19-20)36(23-9-2-3-10-23)29(38)26-18-27(39-33-26)24-12-11-21(30)17-25(24)31/h4-5,8,11-12,14,17-18,20,23H,2-3,6-7,9-10,13,15-16,19H2,1H3/t20-/m1/s1. The summed E-state index contributed by atoms with van der Waals surface area (Å²) in [5, 5.41) is 7.69. The molecule has 2 amide bonds. The Morgan fingerprint density at radius 3 is 2.64 bits per heavy atom. The van der Waals surface area contributed by atoms with Gasteiger partial charge in [0.1, 0.15) is 11.6 Å². The van der Waals surface area contributed by atoms with Gasteiger partial charge in [0.2, 0.25) is 5.91 Å². The molecule has 8 nitrogen and oxygen atoms in total. The van der Waals surface area contributed by atoms with Gasteiger partial charge in [-0.25, -0.2) is 13.8 Å². The number of carbonyl (C=O) groups is 2. The van der Waals surface area contributed by atoms with E-state index in [0.717, 1.165) is 56.4 Å². The lowest BCUT2D eigenvalue weighted by molar-refractivity contribution is -0.139. The van der Waals surface area contributed by atoms with Crippen LogP contribution < -0.4 is 0 Å². The van der Waals surface area contributed by atoms with E-state index in [1.54, 1.807) is 16.1 Å². The molecule has 1 saturated heterocycles. The monoisotopic (exact) mass is 537 g/mol. The summed E-state index contributed by atoms with van der Waals surface area (Å²) in [5.74, 6) is -1.94. The van der Waals surface area contributed by atoms with Gasteiger partial charge in [0.05, 0.1) is 11.5 Å². The van der Waals surface area contributed by atoms with Crippen molar-refractivity contribution in [1.82, 2.24) is 25.1 Å². The SMILES string of the molecule is CN(CCc1ccccn1)C(=O)[C@@H]1CCCN(N(C(=O)c2cc(-c3ccc(F)cc3F)on2)C2CCCC2)C1. The number of hydrogen-bond acceptors (Lipinski definition) is 6. The van der Waals surface area contributed by atoms with Crippen LogP contribution in [0.4, 0.5) is 8.78 Å². The number of halogens is 2. The number of rotatable bonds is 8. The van der Waals surface area contributed by atoms with E-state index in [0.29, 0.717) is 26.1 Å². The van der Waals surface area contributed by atoms with E-state index in [9.17, 15) is 18.4 Å². The van der Waals surface area contributed by atoms with Gasteiger partial charge in [-0.2, -0.15) is 0 Å². The van der Waals surface area contributed by atoms with Gasteiger partial charge in [-0.15, -0.1) is 0 Å². The van der Waals surface area contributed by atoms with Gasteiger partial charge in [0.15, 0.2) is 11.5 Å². The Morgan fingerprint density at radius 1 is 1.08 bits per heavy atom. The molecule has 2 aliphatic rings. The number of hydrazine groups is 1. The molecule has 0 spiro atoms. The third-order valence-corrected chi connectivity index (χ3v) is 7.66. The van der Waals surface area contributed by atoms with Gasteiger partial charge in [0, 0.05) is 63.2 Å². The second-order valence-electron chi connectivity index (χ2n) is 10.4. The predicted molar refractivity (Wildman–Crippen MR) is 140 cm³/mol. The third kappa shape index (κ3) is 6.16. The molecule has 1 atom stereocenters. The third-order valence-electron chi connectivity index (χ3n) is 7.66. The maximum atomic E-state index is 14.3. The van der Waals surface area contributed by atoms with Crippen molar-refractivity contribution in [2.45, 2.75) is 51.0 Å². The van der Waals surface area contributed by atoms with Crippen LogP contribution in [-0.4, -0.2) is 69.6 Å². The lowest BCUT2D eigenvalue weighted by atomic mass is 9.97. The van der Waals surface area contributed by atoms with E-state index in [1.165, 1.54) is 12.1 Å². The molecule has 1 aliphatic heterocycles. The lowest BCUT2D eigenvalue weighted by Gasteiger charge is -2.43. The molecule has 3 heterocycles. The van der Waals surface area contributed by atoms with Gasteiger partial charge in [-0.05, 0) is 49.9 Å². The summed E-state index contributed by atoms with van der Waals surface area (Å²) in [6, 6.07) is 10.3. The molecular weight excluding hydrogens is 504 g/mol. The summed E-state index contributed by atoms with van der Waals surface area (Å²) in [5.41, 5.74) is 1.03. The Hall–Kier alpha value is -3.66. The number of carbonyl (C=O) groups excluding carboxylic acids is 2. The van der Waals surface area contributed by atoms with Crippen LogP contribution >= 0.6 is 0 Å². The van der Waals surface area contributed by atoms with Gasteiger partial charge in [0.25, 0.3) is 5.91 Å². The molecule has 1 aliphatic carbocycles. The summed E-state index contributed by atoms with van der Waals surface area (Å²) in [4.78, 5) is 33.2. The van der Waals surface area contributed by atoms with Crippen molar-refractivity contribution in [3.63, 3.8) is 0 Å². The molecule has 10 heteroatoms. The lowest BCUT2D eigenvalue weighted by Crippen LogP contribution is -2.56. The van der Waals surface area contributed by atoms with Crippen molar-refractivity contribution in [1.29, 1.82) is 0 Å². The largest absolute Gasteiger partial charge is 0.355 e. The fourth-order valence-electron chi connectivity index (χ4n) is 5.59. The van der Waals surface area contributed by atoms with Crippen molar-refractivity contribution in [2.75, 3.05) is 26.7 Å². The van der Waals surface area contributed by atoms with E-state index in [-0.39, 0.29) is 40.8 Å². The summed E-state index contributed by atoms with van der Waals surface area (Å²) in [6.45, 7) is 1.66. The van der Waals surface area contributed by atoms with E-state index < -0.39 is 11.6 Å². The minimum Gasteiger partial charge on any atom is -0.355 e. The minimum atomic E-state index is -0.789. The van der Waals surface area contributed by atoms with Gasteiger partial charge in [-0.1, -0.05) is 24.1 Å². The van der Waals surface area contributed by atoms with E-state index in [2.05, 4.69) is 10.1 Å². The van der Waals surface area contributed by atoms with Crippen molar-refractivity contribution in [3.05, 3.63) is 71.7 Å². The second kappa shape index (κ2) is 12.0. The molecule has 206 valence electrons. The van der Waals surface area contributed by atoms with Crippen LogP contribution in [0, 0.1) is 17.6 Å². The zero-order valence-electron chi connectivity index (χ0n) is 22.1. The van der Waals surface area contributed by atoms with Crippen LogP contribution in [0.2, 0.25) is 0 Å². The number of likely N-dealkylation sites (N-methyl/N-ethyl adjacent to an activating group) is 1. The molecule has 5 rings (SSSR count). The van der Waals surface area contributed by atoms with Crippen LogP contribution in [0.15, 0.2) is 53.2 Å². The molecule has 39 heavy (non-hydrogen) atoms. The van der Waals surface area contributed by atoms with Crippen molar-refractivity contribution in [3.8, 4) is 11.3 Å². The summed E-state index contributed by atoms with van der Waals surface area (Å²) in [7, 11) is 1.82. The average Bonchev–Trinajstić information content (AvgIpc) is 3.65. The first-order chi connectivity index (χ1) is 18.9. The highest BCUT2D eigenvalue weighted by molar-refractivity contribution is 5.93. The maximum absolute atomic E-state index is 14.3. The number of benzene rings is 1. The van der Waals surface area contributed by atoms with Crippen LogP contribution in [-0.2, 0) is 11.2 Å². The highest BCUT2D eigenvalue weighted by Crippen LogP contribution is 2.31. The molecule has 0 N–H and O–H groups in total. The molecule has 0 bridgehead atoms. The Morgan fingerprint density at radius 2 is 1.90 bits per heavy atom. The molecule has 3 aromatic rings. The van der Waals surface area contributed by atoms with E-state index >= 15 is 0 Å². The zero-order chi connectivity index (χ0) is 27.4. The molecule has 1 saturated carbocycles. The highest BCUT2D eigenvalue weighted by atomic mass is 19.1. The number of hydrogen-bond donors (Lipinski definition) is 0. The van der Waals surface area contributed by atoms with Crippen LogP contribution in [0.1, 0.15) is 54.7 Å². The van der Waals surface area contributed by atoms with Crippen LogP contribution in [0.3, 0.4) is 0 Å².